The first kappa shape index (κ1) is 14.0. The minimum atomic E-state index is -0.359. The van der Waals surface area contributed by atoms with E-state index in [-0.39, 0.29) is 30.8 Å². The van der Waals surface area contributed by atoms with Crippen LogP contribution in [-0.4, -0.2) is 42.2 Å². The van der Waals surface area contributed by atoms with Gasteiger partial charge in [0.25, 0.3) is 0 Å². The third kappa shape index (κ3) is 3.75. The second kappa shape index (κ2) is 6.12. The number of carbonyl (C=O) groups is 1. The Hall–Kier alpha value is -1.46. The van der Waals surface area contributed by atoms with Crippen LogP contribution in [0.4, 0.5) is 10.1 Å². The van der Waals surface area contributed by atoms with Crippen LogP contribution in [0.15, 0.2) is 18.2 Å². The molecule has 0 aromatic heterocycles. The molecule has 1 atom stereocenters. The predicted molar refractivity (Wildman–Crippen MR) is 71.4 cm³/mol. The van der Waals surface area contributed by atoms with Crippen molar-refractivity contribution in [2.75, 3.05) is 31.6 Å². The summed E-state index contributed by atoms with van der Waals surface area (Å²) < 4.78 is 13.1. The Balaban J connectivity index is 1.89. The van der Waals surface area contributed by atoms with E-state index in [0.29, 0.717) is 5.69 Å². The summed E-state index contributed by atoms with van der Waals surface area (Å²) in [6, 6.07) is 4.34. The van der Waals surface area contributed by atoms with E-state index in [1.165, 1.54) is 12.1 Å². The van der Waals surface area contributed by atoms with Gasteiger partial charge < -0.3 is 10.4 Å². The molecule has 104 valence electrons. The molecular formula is C14H19FN2O2. The van der Waals surface area contributed by atoms with Gasteiger partial charge in [0, 0.05) is 18.8 Å². The summed E-state index contributed by atoms with van der Waals surface area (Å²) in [5.41, 5.74) is 1.35. The summed E-state index contributed by atoms with van der Waals surface area (Å²) in [6.45, 7) is 3.84. The number of aliphatic hydroxyl groups is 1. The van der Waals surface area contributed by atoms with Crippen LogP contribution in [-0.2, 0) is 4.79 Å². The molecular weight excluding hydrogens is 247 g/mol. The van der Waals surface area contributed by atoms with E-state index in [0.717, 1.165) is 25.1 Å². The van der Waals surface area contributed by atoms with Gasteiger partial charge in [-0.2, -0.15) is 0 Å². The Morgan fingerprint density at radius 1 is 1.58 bits per heavy atom. The highest BCUT2D eigenvalue weighted by molar-refractivity contribution is 5.92. The van der Waals surface area contributed by atoms with E-state index >= 15 is 0 Å². The number of aliphatic hydroxyl groups excluding tert-OH is 1. The summed E-state index contributed by atoms with van der Waals surface area (Å²) in [5, 5.41) is 11.8. The third-order valence-electron chi connectivity index (χ3n) is 3.47. The number of anilines is 1. The second-order valence-electron chi connectivity index (χ2n) is 5.08. The lowest BCUT2D eigenvalue weighted by Crippen LogP contribution is -2.32. The van der Waals surface area contributed by atoms with Gasteiger partial charge in [0.1, 0.15) is 5.82 Å². The fraction of sp³-hybridized carbons (Fsp3) is 0.500. The first-order chi connectivity index (χ1) is 9.08. The number of hydrogen-bond donors (Lipinski definition) is 2. The number of amides is 1. The van der Waals surface area contributed by atoms with E-state index in [9.17, 15) is 9.18 Å². The number of likely N-dealkylation sites (tertiary alicyclic amines) is 1. The monoisotopic (exact) mass is 266 g/mol. The number of aryl methyl sites for hydroxylation is 1. The standard InChI is InChI=1S/C14H19FN2O2/c1-10-2-3-12(15)6-13(10)16-14(19)8-17-5-4-11(7-17)9-18/h2-3,6,11,18H,4-5,7-9H2,1H3,(H,16,19). The molecule has 1 fully saturated rings. The molecule has 0 saturated carbocycles. The number of benzene rings is 1. The Morgan fingerprint density at radius 2 is 2.37 bits per heavy atom. The summed E-state index contributed by atoms with van der Waals surface area (Å²) in [4.78, 5) is 13.9. The molecule has 2 N–H and O–H groups in total. The molecule has 1 aliphatic heterocycles. The van der Waals surface area contributed by atoms with E-state index in [2.05, 4.69) is 5.32 Å². The van der Waals surface area contributed by atoms with Crippen LogP contribution < -0.4 is 5.32 Å². The maximum Gasteiger partial charge on any atom is 0.238 e. The fourth-order valence-corrected chi connectivity index (χ4v) is 2.33. The van der Waals surface area contributed by atoms with Crippen molar-refractivity contribution in [3.05, 3.63) is 29.6 Å². The number of rotatable bonds is 4. The molecule has 1 heterocycles. The van der Waals surface area contributed by atoms with Crippen molar-refractivity contribution < 1.29 is 14.3 Å². The van der Waals surface area contributed by atoms with Crippen molar-refractivity contribution in [1.29, 1.82) is 0 Å². The van der Waals surface area contributed by atoms with Crippen molar-refractivity contribution in [3.63, 3.8) is 0 Å². The third-order valence-corrected chi connectivity index (χ3v) is 3.47. The lowest BCUT2D eigenvalue weighted by atomic mass is 10.1. The molecule has 0 spiro atoms. The molecule has 1 unspecified atom stereocenters. The number of hydrogen-bond acceptors (Lipinski definition) is 3. The molecule has 5 heteroatoms. The van der Waals surface area contributed by atoms with E-state index in [4.69, 9.17) is 5.11 Å². The zero-order valence-electron chi connectivity index (χ0n) is 11.0. The highest BCUT2D eigenvalue weighted by Crippen LogP contribution is 2.17. The van der Waals surface area contributed by atoms with Gasteiger partial charge in [-0.05, 0) is 43.5 Å². The minimum absolute atomic E-state index is 0.146. The van der Waals surface area contributed by atoms with Gasteiger partial charge >= 0.3 is 0 Å². The molecule has 0 radical (unpaired) electrons. The van der Waals surface area contributed by atoms with Crippen LogP contribution >= 0.6 is 0 Å². The van der Waals surface area contributed by atoms with Crippen LogP contribution in [0.5, 0.6) is 0 Å². The van der Waals surface area contributed by atoms with Gasteiger partial charge in [0.2, 0.25) is 5.91 Å². The van der Waals surface area contributed by atoms with E-state index < -0.39 is 0 Å². The average Bonchev–Trinajstić information content (AvgIpc) is 2.81. The number of halogens is 1. The zero-order valence-corrected chi connectivity index (χ0v) is 11.0. The lowest BCUT2D eigenvalue weighted by Gasteiger charge is -2.16. The van der Waals surface area contributed by atoms with Gasteiger partial charge in [0.05, 0.1) is 6.54 Å². The minimum Gasteiger partial charge on any atom is -0.396 e. The maximum absolute atomic E-state index is 13.1. The molecule has 1 aromatic rings. The molecule has 1 aliphatic rings. The largest absolute Gasteiger partial charge is 0.396 e. The molecule has 0 bridgehead atoms. The highest BCUT2D eigenvalue weighted by Gasteiger charge is 2.23. The SMILES string of the molecule is Cc1ccc(F)cc1NC(=O)CN1CCC(CO)C1. The van der Waals surface area contributed by atoms with Crippen LogP contribution in [0.25, 0.3) is 0 Å². The van der Waals surface area contributed by atoms with Crippen molar-refractivity contribution in [3.8, 4) is 0 Å². The summed E-state index contributed by atoms with van der Waals surface area (Å²) in [7, 11) is 0. The topological polar surface area (TPSA) is 52.6 Å². The predicted octanol–water partition coefficient (Wildman–Crippen LogP) is 1.39. The van der Waals surface area contributed by atoms with E-state index in [1.54, 1.807) is 6.07 Å². The van der Waals surface area contributed by atoms with Crippen LogP contribution in [0.1, 0.15) is 12.0 Å². The van der Waals surface area contributed by atoms with Gasteiger partial charge in [0.15, 0.2) is 0 Å². The summed E-state index contributed by atoms with van der Waals surface area (Å²) in [5.74, 6) is -0.238. The second-order valence-corrected chi connectivity index (χ2v) is 5.08. The first-order valence-corrected chi connectivity index (χ1v) is 6.47. The average molecular weight is 266 g/mol. The zero-order chi connectivity index (χ0) is 13.8. The Bertz CT molecular complexity index is 465. The van der Waals surface area contributed by atoms with E-state index in [1.807, 2.05) is 11.8 Å². The molecule has 2 rings (SSSR count). The smallest absolute Gasteiger partial charge is 0.238 e. The quantitative estimate of drug-likeness (QED) is 0.866. The Kier molecular flexibility index (Phi) is 4.50. The highest BCUT2D eigenvalue weighted by atomic mass is 19.1. The maximum atomic E-state index is 13.1. The van der Waals surface area contributed by atoms with Gasteiger partial charge in [-0.1, -0.05) is 6.07 Å². The molecule has 1 amide bonds. The Morgan fingerprint density at radius 3 is 3.05 bits per heavy atom. The lowest BCUT2D eigenvalue weighted by molar-refractivity contribution is -0.117. The Labute approximate surface area is 112 Å². The molecule has 1 saturated heterocycles. The van der Waals surface area contributed by atoms with Crippen molar-refractivity contribution >= 4 is 11.6 Å². The number of nitrogens with zero attached hydrogens (tertiary/aromatic N) is 1. The fourth-order valence-electron chi connectivity index (χ4n) is 2.33. The molecule has 0 aliphatic carbocycles. The van der Waals surface area contributed by atoms with Crippen LogP contribution in [0.2, 0.25) is 0 Å². The van der Waals surface area contributed by atoms with Gasteiger partial charge in [-0.15, -0.1) is 0 Å². The van der Waals surface area contributed by atoms with Crippen LogP contribution in [0, 0.1) is 18.7 Å². The first-order valence-electron chi connectivity index (χ1n) is 6.47. The van der Waals surface area contributed by atoms with Crippen molar-refractivity contribution in [2.24, 2.45) is 5.92 Å². The van der Waals surface area contributed by atoms with Crippen molar-refractivity contribution in [1.82, 2.24) is 4.90 Å². The van der Waals surface area contributed by atoms with Crippen LogP contribution in [0.3, 0.4) is 0 Å². The molecule has 4 nitrogen and oxygen atoms in total. The van der Waals surface area contributed by atoms with Gasteiger partial charge in [-0.25, -0.2) is 4.39 Å². The van der Waals surface area contributed by atoms with Gasteiger partial charge in [-0.3, -0.25) is 9.69 Å². The number of nitrogens with one attached hydrogen (secondary N) is 1. The number of carbonyl (C=O) groups excluding carboxylic acids is 1. The molecule has 1 aromatic carbocycles. The molecule has 19 heavy (non-hydrogen) atoms. The van der Waals surface area contributed by atoms with Crippen molar-refractivity contribution in [2.45, 2.75) is 13.3 Å². The summed E-state index contributed by atoms with van der Waals surface area (Å²) >= 11 is 0. The summed E-state index contributed by atoms with van der Waals surface area (Å²) in [6.07, 6.45) is 0.919. The normalized spacial score (nSPS) is 19.6.